The first-order valence-electron chi connectivity index (χ1n) is 5.52. The number of aryl methyl sites for hydroxylation is 1. The molecule has 0 aromatic carbocycles. The number of likely N-dealkylation sites (N-methyl/N-ethyl adjacent to an activating group) is 1. The zero-order valence-corrected chi connectivity index (χ0v) is 9.84. The molecule has 1 rings (SSSR count). The second kappa shape index (κ2) is 6.00. The number of nitrogens with zero attached hydrogens (tertiary/aromatic N) is 2. The third-order valence-corrected chi connectivity index (χ3v) is 2.24. The summed E-state index contributed by atoms with van der Waals surface area (Å²) in [6.07, 6.45) is -5.34. The highest BCUT2D eigenvalue weighted by molar-refractivity contribution is 4.93. The molecule has 0 saturated carbocycles. The van der Waals surface area contributed by atoms with Crippen LogP contribution < -0.4 is 5.32 Å². The lowest BCUT2D eigenvalue weighted by Crippen LogP contribution is -2.19. The third kappa shape index (κ3) is 5.16. The average Bonchev–Trinajstić information content (AvgIpc) is 2.70. The van der Waals surface area contributed by atoms with Gasteiger partial charge >= 0.3 is 6.18 Å². The Morgan fingerprint density at radius 3 is 2.71 bits per heavy atom. The highest BCUT2D eigenvalue weighted by Gasteiger charge is 2.27. The number of hydrogen-bond donors (Lipinski definition) is 1. The second-order valence-corrected chi connectivity index (χ2v) is 3.87. The fourth-order valence-electron chi connectivity index (χ4n) is 1.27. The van der Waals surface area contributed by atoms with Crippen LogP contribution in [0, 0.1) is 0 Å². The molecule has 0 aliphatic heterocycles. The van der Waals surface area contributed by atoms with Gasteiger partial charge in [-0.15, -0.1) is 0 Å². The first-order valence-corrected chi connectivity index (χ1v) is 5.52. The topological polar surface area (TPSA) is 51.0 Å². The Hall–Kier alpha value is -1.11. The van der Waals surface area contributed by atoms with E-state index in [9.17, 15) is 13.2 Å². The fourth-order valence-corrected chi connectivity index (χ4v) is 1.27. The summed E-state index contributed by atoms with van der Waals surface area (Å²) in [5, 5.41) is 6.64. The summed E-state index contributed by atoms with van der Waals surface area (Å²) in [6, 6.07) is 0. The molecule has 1 atom stereocenters. The fraction of sp³-hybridized carbons (Fsp3) is 0.800. The Morgan fingerprint density at radius 1 is 1.41 bits per heavy atom. The normalized spacial score (nSPS) is 13.9. The van der Waals surface area contributed by atoms with Gasteiger partial charge in [0.15, 0.2) is 5.82 Å². The van der Waals surface area contributed by atoms with Crippen molar-refractivity contribution >= 4 is 0 Å². The molecule has 1 aromatic rings. The molecule has 17 heavy (non-hydrogen) atoms. The Kier molecular flexibility index (Phi) is 4.92. The van der Waals surface area contributed by atoms with Crippen molar-refractivity contribution in [1.29, 1.82) is 0 Å². The Labute approximate surface area is 97.6 Å². The Bertz CT molecular complexity index is 338. The summed E-state index contributed by atoms with van der Waals surface area (Å²) >= 11 is 0. The lowest BCUT2D eigenvalue weighted by molar-refractivity contribution is -0.134. The first kappa shape index (κ1) is 14.0. The molecule has 0 aliphatic carbocycles. The van der Waals surface area contributed by atoms with Gasteiger partial charge in [-0.05, 0) is 6.54 Å². The minimum Gasteiger partial charge on any atom is -0.339 e. The van der Waals surface area contributed by atoms with Crippen LogP contribution in [0.25, 0.3) is 0 Å². The number of nitrogens with one attached hydrogen (secondary N) is 1. The maximum atomic E-state index is 12.0. The van der Waals surface area contributed by atoms with Crippen LogP contribution in [0.4, 0.5) is 13.2 Å². The van der Waals surface area contributed by atoms with Gasteiger partial charge in [-0.25, -0.2) is 0 Å². The van der Waals surface area contributed by atoms with E-state index in [1.165, 1.54) is 0 Å². The number of halogens is 3. The zero-order valence-electron chi connectivity index (χ0n) is 9.84. The van der Waals surface area contributed by atoms with Crippen molar-refractivity contribution in [2.45, 2.75) is 38.8 Å². The van der Waals surface area contributed by atoms with Gasteiger partial charge in [-0.3, -0.25) is 0 Å². The minimum atomic E-state index is -4.18. The quantitative estimate of drug-likeness (QED) is 0.842. The van der Waals surface area contributed by atoms with E-state index in [2.05, 4.69) is 15.5 Å². The van der Waals surface area contributed by atoms with Crippen molar-refractivity contribution in [2.75, 3.05) is 13.1 Å². The molecule has 0 bridgehead atoms. The lowest BCUT2D eigenvalue weighted by atomic mass is 10.2. The molecule has 7 heteroatoms. The molecule has 0 spiro atoms. The van der Waals surface area contributed by atoms with Gasteiger partial charge in [0.1, 0.15) is 0 Å². The van der Waals surface area contributed by atoms with E-state index in [1.54, 1.807) is 0 Å². The summed E-state index contributed by atoms with van der Waals surface area (Å²) in [7, 11) is 0. The van der Waals surface area contributed by atoms with Gasteiger partial charge in [0.2, 0.25) is 5.89 Å². The molecular formula is C10H16F3N3O. The van der Waals surface area contributed by atoms with Crippen molar-refractivity contribution in [3.05, 3.63) is 11.7 Å². The van der Waals surface area contributed by atoms with Gasteiger partial charge in [-0.1, -0.05) is 19.0 Å². The highest BCUT2D eigenvalue weighted by Crippen LogP contribution is 2.21. The van der Waals surface area contributed by atoms with E-state index in [1.807, 2.05) is 13.8 Å². The average molecular weight is 251 g/mol. The third-order valence-electron chi connectivity index (χ3n) is 2.24. The SMILES string of the molecule is CCNCC(C)c1nc(CCC(F)(F)F)no1. The van der Waals surface area contributed by atoms with Crippen LogP contribution in [0.3, 0.4) is 0 Å². The molecule has 0 amide bonds. The summed E-state index contributed by atoms with van der Waals surface area (Å²) < 4.78 is 40.9. The van der Waals surface area contributed by atoms with Crippen molar-refractivity contribution in [2.24, 2.45) is 0 Å². The highest BCUT2D eigenvalue weighted by atomic mass is 19.4. The molecule has 0 radical (unpaired) electrons. The molecule has 1 aromatic heterocycles. The molecule has 0 fully saturated rings. The molecule has 1 heterocycles. The van der Waals surface area contributed by atoms with Crippen LogP contribution in [0.2, 0.25) is 0 Å². The number of aromatic nitrogens is 2. The van der Waals surface area contributed by atoms with Crippen molar-refractivity contribution in [3.8, 4) is 0 Å². The predicted molar refractivity (Wildman–Crippen MR) is 55.6 cm³/mol. The molecule has 0 saturated heterocycles. The molecular weight excluding hydrogens is 235 g/mol. The van der Waals surface area contributed by atoms with Gasteiger partial charge in [0, 0.05) is 18.9 Å². The summed E-state index contributed by atoms with van der Waals surface area (Å²) in [6.45, 7) is 5.33. The van der Waals surface area contributed by atoms with Crippen molar-refractivity contribution in [3.63, 3.8) is 0 Å². The van der Waals surface area contributed by atoms with E-state index >= 15 is 0 Å². The molecule has 0 aliphatic rings. The number of alkyl halides is 3. The minimum absolute atomic E-state index is 0.00193. The molecule has 98 valence electrons. The lowest BCUT2D eigenvalue weighted by Gasteiger charge is -2.05. The summed E-state index contributed by atoms with van der Waals surface area (Å²) in [4.78, 5) is 3.95. The maximum Gasteiger partial charge on any atom is 0.389 e. The first-order chi connectivity index (χ1) is 7.92. The van der Waals surface area contributed by atoms with Crippen LogP contribution >= 0.6 is 0 Å². The molecule has 1 unspecified atom stereocenters. The number of hydrogen-bond acceptors (Lipinski definition) is 4. The standard InChI is InChI=1S/C10H16F3N3O/c1-3-14-6-7(2)9-15-8(16-17-9)4-5-10(11,12)13/h7,14H,3-6H2,1-2H3. The maximum absolute atomic E-state index is 12.0. The van der Waals surface area contributed by atoms with E-state index in [4.69, 9.17) is 4.52 Å². The van der Waals surface area contributed by atoms with Crippen LogP contribution in [0.1, 0.15) is 37.9 Å². The van der Waals surface area contributed by atoms with Crippen molar-refractivity contribution < 1.29 is 17.7 Å². The predicted octanol–water partition coefficient (Wildman–Crippen LogP) is 2.28. The molecule has 1 N–H and O–H groups in total. The van der Waals surface area contributed by atoms with Gasteiger partial charge < -0.3 is 9.84 Å². The molecule has 4 nitrogen and oxygen atoms in total. The largest absolute Gasteiger partial charge is 0.389 e. The Morgan fingerprint density at radius 2 is 2.12 bits per heavy atom. The summed E-state index contributed by atoms with van der Waals surface area (Å²) in [5.41, 5.74) is 0. The van der Waals surface area contributed by atoms with E-state index in [0.29, 0.717) is 12.4 Å². The smallest absolute Gasteiger partial charge is 0.339 e. The summed E-state index contributed by atoms with van der Waals surface area (Å²) in [5.74, 6) is 0.492. The van der Waals surface area contributed by atoms with Gasteiger partial charge in [0.05, 0.1) is 6.42 Å². The number of rotatable bonds is 6. The van der Waals surface area contributed by atoms with Crippen LogP contribution in [-0.4, -0.2) is 29.4 Å². The van der Waals surface area contributed by atoms with E-state index < -0.39 is 12.6 Å². The van der Waals surface area contributed by atoms with Crippen molar-refractivity contribution in [1.82, 2.24) is 15.5 Å². The van der Waals surface area contributed by atoms with Crippen LogP contribution in [-0.2, 0) is 6.42 Å². The van der Waals surface area contributed by atoms with E-state index in [-0.39, 0.29) is 18.2 Å². The van der Waals surface area contributed by atoms with E-state index in [0.717, 1.165) is 6.54 Å². The zero-order chi connectivity index (χ0) is 12.9. The monoisotopic (exact) mass is 251 g/mol. The Balaban J connectivity index is 2.47. The van der Waals surface area contributed by atoms with Crippen LogP contribution in [0.5, 0.6) is 0 Å². The van der Waals surface area contributed by atoms with Gasteiger partial charge in [-0.2, -0.15) is 18.2 Å². The second-order valence-electron chi connectivity index (χ2n) is 3.87. The van der Waals surface area contributed by atoms with Crippen LogP contribution in [0.15, 0.2) is 4.52 Å². The van der Waals surface area contributed by atoms with Gasteiger partial charge in [0.25, 0.3) is 0 Å².